The molecule has 0 atom stereocenters. The Bertz CT molecular complexity index is 1210. The fraction of sp³-hybridized carbons (Fsp3) is 0.357. The normalized spacial score (nSPS) is 11.0. The van der Waals surface area contributed by atoms with Gasteiger partial charge in [0.2, 0.25) is 0 Å². The van der Waals surface area contributed by atoms with Gasteiger partial charge in [0.1, 0.15) is 11.4 Å². The van der Waals surface area contributed by atoms with Gasteiger partial charge in [0.15, 0.2) is 0 Å². The molecule has 0 bridgehead atoms. The van der Waals surface area contributed by atoms with Crippen molar-refractivity contribution in [2.24, 2.45) is 0 Å². The van der Waals surface area contributed by atoms with Crippen LogP contribution in [0.2, 0.25) is 0 Å². The molecule has 0 saturated carbocycles. The predicted molar refractivity (Wildman–Crippen MR) is 141 cm³/mol. The van der Waals surface area contributed by atoms with E-state index in [2.05, 4.69) is 30.6 Å². The van der Waals surface area contributed by atoms with Crippen molar-refractivity contribution in [3.05, 3.63) is 72.3 Å². The largest absolute Gasteiger partial charge is 0.351 e. The highest BCUT2D eigenvalue weighted by Gasteiger charge is 2.09. The lowest BCUT2D eigenvalue weighted by atomic mass is 10.1. The highest BCUT2D eigenvalue weighted by Crippen LogP contribution is 2.11. The second-order valence-electron chi connectivity index (χ2n) is 8.83. The molecule has 2 aromatic carbocycles. The fourth-order valence-corrected chi connectivity index (χ4v) is 4.03. The molecule has 4 aromatic rings. The smallest absolute Gasteiger partial charge is 0.271 e. The van der Waals surface area contributed by atoms with E-state index in [1.165, 1.54) is 25.2 Å². The number of unbranched alkanes of at least 4 members (excludes halogenated alkanes) is 7. The van der Waals surface area contributed by atoms with Gasteiger partial charge in [-0.1, -0.05) is 62.8 Å². The lowest BCUT2D eigenvalue weighted by Gasteiger charge is -2.06. The van der Waals surface area contributed by atoms with Crippen LogP contribution in [-0.2, 0) is 0 Å². The maximum Gasteiger partial charge on any atom is 0.271 e. The summed E-state index contributed by atoms with van der Waals surface area (Å²) in [5.41, 5.74) is 3.74. The van der Waals surface area contributed by atoms with E-state index in [9.17, 15) is 9.59 Å². The zero-order valence-electron chi connectivity index (χ0n) is 20.4. The Labute approximate surface area is 211 Å². The average molecular weight is 485 g/mol. The molecule has 2 N–H and O–H groups in total. The minimum Gasteiger partial charge on any atom is -0.351 e. The highest BCUT2D eigenvalue weighted by molar-refractivity contribution is 5.94. The number of carbonyl (C=O) groups is 2. The highest BCUT2D eigenvalue weighted by atomic mass is 16.2. The number of para-hydroxylation sites is 4. The van der Waals surface area contributed by atoms with Crippen molar-refractivity contribution < 1.29 is 9.59 Å². The molecular formula is C28H32N6O2. The zero-order valence-corrected chi connectivity index (χ0v) is 20.4. The molecule has 0 spiro atoms. The van der Waals surface area contributed by atoms with Crippen molar-refractivity contribution in [2.75, 3.05) is 13.1 Å². The summed E-state index contributed by atoms with van der Waals surface area (Å²) in [5.74, 6) is -0.346. The molecule has 2 amide bonds. The number of amides is 2. The molecule has 36 heavy (non-hydrogen) atoms. The Morgan fingerprint density at radius 3 is 1.31 bits per heavy atom. The number of nitrogens with zero attached hydrogens (tertiary/aromatic N) is 4. The van der Waals surface area contributed by atoms with E-state index in [0.29, 0.717) is 24.5 Å². The maximum absolute atomic E-state index is 12.3. The van der Waals surface area contributed by atoms with E-state index < -0.39 is 0 Å². The molecule has 0 saturated heterocycles. The number of hydrogen-bond acceptors (Lipinski definition) is 6. The fourth-order valence-electron chi connectivity index (χ4n) is 4.03. The van der Waals surface area contributed by atoms with Crippen molar-refractivity contribution in [2.45, 2.75) is 51.4 Å². The van der Waals surface area contributed by atoms with Crippen LogP contribution in [0.1, 0.15) is 72.3 Å². The standard InChI is InChI=1S/C28H32N6O2/c35-27(25-19-31-21-13-7-9-15-23(21)33-25)29-17-11-5-3-1-2-4-6-12-18-30-28(36)26-20-32-22-14-8-10-16-24(22)34-26/h7-10,13-16,19-20H,1-6,11-12,17-18H2,(H,29,35)(H,30,36). The van der Waals surface area contributed by atoms with E-state index in [4.69, 9.17) is 0 Å². The Kier molecular flexibility index (Phi) is 9.25. The molecule has 2 aromatic heterocycles. The van der Waals surface area contributed by atoms with Crippen LogP contribution in [0.3, 0.4) is 0 Å². The van der Waals surface area contributed by atoms with Gasteiger partial charge >= 0.3 is 0 Å². The van der Waals surface area contributed by atoms with Gasteiger partial charge < -0.3 is 10.6 Å². The molecule has 8 heteroatoms. The molecule has 2 heterocycles. The summed E-state index contributed by atoms with van der Waals surface area (Å²) < 4.78 is 0. The van der Waals surface area contributed by atoms with Gasteiger partial charge in [0.25, 0.3) is 11.8 Å². The number of nitrogens with one attached hydrogen (secondary N) is 2. The average Bonchev–Trinajstić information content (AvgIpc) is 2.92. The van der Waals surface area contributed by atoms with Gasteiger partial charge in [-0.15, -0.1) is 0 Å². The zero-order chi connectivity index (χ0) is 25.0. The molecule has 186 valence electrons. The molecular weight excluding hydrogens is 452 g/mol. The van der Waals surface area contributed by atoms with Crippen molar-refractivity contribution in [3.8, 4) is 0 Å². The lowest BCUT2D eigenvalue weighted by Crippen LogP contribution is -2.25. The lowest BCUT2D eigenvalue weighted by molar-refractivity contribution is 0.0939. The van der Waals surface area contributed by atoms with Crippen LogP contribution in [-0.4, -0.2) is 44.8 Å². The summed E-state index contributed by atoms with van der Waals surface area (Å²) in [5, 5.41) is 5.87. The van der Waals surface area contributed by atoms with Crippen LogP contribution in [0.4, 0.5) is 0 Å². The predicted octanol–water partition coefficient (Wildman–Crippen LogP) is 4.85. The number of aromatic nitrogens is 4. The van der Waals surface area contributed by atoms with Crippen LogP contribution in [0.5, 0.6) is 0 Å². The Morgan fingerprint density at radius 1 is 0.528 bits per heavy atom. The molecule has 0 fully saturated rings. The van der Waals surface area contributed by atoms with Gasteiger partial charge in [-0.3, -0.25) is 19.6 Å². The first kappa shape index (κ1) is 25.2. The van der Waals surface area contributed by atoms with Gasteiger partial charge in [-0.05, 0) is 37.1 Å². The maximum atomic E-state index is 12.3. The summed E-state index contributed by atoms with van der Waals surface area (Å²) in [6.07, 6.45) is 11.8. The van der Waals surface area contributed by atoms with E-state index in [1.807, 2.05) is 48.5 Å². The van der Waals surface area contributed by atoms with Gasteiger partial charge in [-0.25, -0.2) is 9.97 Å². The second-order valence-corrected chi connectivity index (χ2v) is 8.83. The number of hydrogen-bond donors (Lipinski definition) is 2. The molecule has 0 aliphatic rings. The summed E-state index contributed by atoms with van der Waals surface area (Å²) >= 11 is 0. The van der Waals surface area contributed by atoms with Crippen molar-refractivity contribution in [1.29, 1.82) is 0 Å². The number of carbonyl (C=O) groups excluding carboxylic acids is 2. The minimum absolute atomic E-state index is 0.173. The summed E-state index contributed by atoms with van der Waals surface area (Å²) in [7, 11) is 0. The topological polar surface area (TPSA) is 110 Å². The molecule has 4 rings (SSSR count). The van der Waals surface area contributed by atoms with Crippen LogP contribution in [0.15, 0.2) is 60.9 Å². The first-order chi connectivity index (χ1) is 17.7. The molecule has 8 nitrogen and oxygen atoms in total. The Hall–Kier alpha value is -3.94. The van der Waals surface area contributed by atoms with Crippen molar-refractivity contribution in [1.82, 2.24) is 30.6 Å². The van der Waals surface area contributed by atoms with E-state index in [0.717, 1.165) is 60.6 Å². The van der Waals surface area contributed by atoms with Crippen molar-refractivity contribution in [3.63, 3.8) is 0 Å². The summed E-state index contributed by atoms with van der Waals surface area (Å²) in [6.45, 7) is 1.29. The quantitative estimate of drug-likeness (QED) is 0.263. The first-order valence-electron chi connectivity index (χ1n) is 12.7. The second kappa shape index (κ2) is 13.2. The molecule has 0 aliphatic heterocycles. The first-order valence-corrected chi connectivity index (χ1v) is 12.7. The molecule has 0 unspecified atom stereocenters. The van der Waals surface area contributed by atoms with Gasteiger partial charge in [-0.2, -0.15) is 0 Å². The monoisotopic (exact) mass is 484 g/mol. The number of rotatable bonds is 13. The summed E-state index contributed by atoms with van der Waals surface area (Å²) in [6, 6.07) is 15.1. The van der Waals surface area contributed by atoms with Gasteiger partial charge in [0.05, 0.1) is 34.5 Å². The van der Waals surface area contributed by atoms with E-state index in [1.54, 1.807) is 0 Å². The molecule has 0 radical (unpaired) electrons. The Balaban J connectivity index is 0.995. The van der Waals surface area contributed by atoms with Crippen LogP contribution < -0.4 is 10.6 Å². The van der Waals surface area contributed by atoms with Crippen LogP contribution in [0, 0.1) is 0 Å². The van der Waals surface area contributed by atoms with Crippen LogP contribution >= 0.6 is 0 Å². The van der Waals surface area contributed by atoms with Gasteiger partial charge in [0, 0.05) is 13.1 Å². The number of benzene rings is 2. The Morgan fingerprint density at radius 2 is 0.889 bits per heavy atom. The third-order valence-corrected chi connectivity index (χ3v) is 6.04. The molecule has 0 aliphatic carbocycles. The number of fused-ring (bicyclic) bond motifs is 2. The van der Waals surface area contributed by atoms with Crippen molar-refractivity contribution >= 4 is 33.9 Å². The SMILES string of the molecule is O=C(NCCCCCCCCCCNC(=O)c1cnc2ccccc2n1)c1cnc2ccccc2n1. The van der Waals surface area contributed by atoms with Crippen LogP contribution in [0.25, 0.3) is 22.1 Å². The summed E-state index contributed by atoms with van der Waals surface area (Å²) in [4.78, 5) is 41.9. The minimum atomic E-state index is -0.173. The third-order valence-electron chi connectivity index (χ3n) is 6.04. The van der Waals surface area contributed by atoms with E-state index in [-0.39, 0.29) is 11.8 Å². The van der Waals surface area contributed by atoms with E-state index >= 15 is 0 Å². The third kappa shape index (κ3) is 7.28.